The first-order chi connectivity index (χ1) is 28.2. The third kappa shape index (κ3) is 4.49. The maximum atomic E-state index is 6.28. The van der Waals surface area contributed by atoms with Gasteiger partial charge < -0.3 is 8.98 Å². The molecule has 0 amide bonds. The number of benzene rings is 9. The average Bonchev–Trinajstić information content (AvgIpc) is 3.77. The summed E-state index contributed by atoms with van der Waals surface area (Å²) in [6.45, 7) is 0. The lowest BCUT2D eigenvalue weighted by Gasteiger charge is -2.12. The molecule has 264 valence electrons. The Morgan fingerprint density at radius 1 is 0.421 bits per heavy atom. The number of aromatic nitrogens is 3. The van der Waals surface area contributed by atoms with E-state index in [2.05, 4.69) is 150 Å². The molecule has 13 rings (SSSR count). The number of rotatable bonds is 4. The topological polar surface area (TPSA) is 43.9 Å². The Bertz CT molecular complexity index is 3660. The first kappa shape index (κ1) is 30.9. The van der Waals surface area contributed by atoms with E-state index in [0.29, 0.717) is 5.82 Å². The summed E-state index contributed by atoms with van der Waals surface area (Å²) in [5.74, 6) is 0.683. The number of fused-ring (bicyclic) bond motifs is 4. The minimum Gasteiger partial charge on any atom is -0.456 e. The van der Waals surface area contributed by atoms with Crippen LogP contribution in [-0.2, 0) is 0 Å². The fourth-order valence-corrected chi connectivity index (χ4v) is 10.4. The Morgan fingerprint density at radius 2 is 1.07 bits per heavy atom. The molecule has 57 heavy (non-hydrogen) atoms. The molecule has 0 spiro atoms. The van der Waals surface area contributed by atoms with Gasteiger partial charge in [0.25, 0.3) is 0 Å². The van der Waals surface area contributed by atoms with Gasteiger partial charge in [-0.15, -0.1) is 11.3 Å². The average molecular weight is 744 g/mol. The van der Waals surface area contributed by atoms with E-state index in [0.717, 1.165) is 66.5 Å². The van der Waals surface area contributed by atoms with Crippen molar-refractivity contribution in [1.29, 1.82) is 0 Å². The van der Waals surface area contributed by atoms with Crippen LogP contribution in [-0.4, -0.2) is 14.5 Å². The molecule has 0 aliphatic rings. The predicted octanol–water partition coefficient (Wildman–Crippen LogP) is 14.6. The molecule has 0 atom stereocenters. The largest absolute Gasteiger partial charge is 0.456 e. The van der Waals surface area contributed by atoms with Crippen LogP contribution in [0, 0.1) is 0 Å². The van der Waals surface area contributed by atoms with Gasteiger partial charge in [0, 0.05) is 64.1 Å². The lowest BCUT2D eigenvalue weighted by atomic mass is 10.00. The quantitative estimate of drug-likeness (QED) is 0.180. The summed E-state index contributed by atoms with van der Waals surface area (Å²) in [6.07, 6.45) is 0. The highest BCUT2D eigenvalue weighted by atomic mass is 32.1. The van der Waals surface area contributed by atoms with E-state index >= 15 is 0 Å². The second kappa shape index (κ2) is 11.6. The molecule has 5 heteroatoms. The van der Waals surface area contributed by atoms with Crippen molar-refractivity contribution in [2.24, 2.45) is 0 Å². The smallest absolute Gasteiger partial charge is 0.160 e. The maximum Gasteiger partial charge on any atom is 0.160 e. The number of hydrogen-bond donors (Lipinski definition) is 0. The van der Waals surface area contributed by atoms with Crippen molar-refractivity contribution < 1.29 is 4.42 Å². The van der Waals surface area contributed by atoms with E-state index < -0.39 is 0 Å². The van der Waals surface area contributed by atoms with Crippen LogP contribution in [0.1, 0.15) is 0 Å². The van der Waals surface area contributed by atoms with E-state index in [1.54, 1.807) is 0 Å². The Kier molecular flexibility index (Phi) is 6.29. The number of nitrogens with zero attached hydrogens (tertiary/aromatic N) is 3. The molecule has 4 heterocycles. The standard InChI is InChI=1S/C52H29N3OS/c1-2-9-30(10-3-1)39-29-40(37-14-8-16-44-49(37)38-13-4-5-15-43(38)56-44)54-52(53-39)35-20-19-34-28-36(24-21-33(34)27-35)55-41-25-22-31-11-6-17-45-47(31)50(41)51-42(55)26-23-32-12-7-18-46(57-45)48(32)51/h1-29H. The van der Waals surface area contributed by atoms with Gasteiger partial charge in [0.15, 0.2) is 5.82 Å². The van der Waals surface area contributed by atoms with Gasteiger partial charge in [-0.05, 0) is 82.2 Å². The molecule has 0 saturated heterocycles. The fourth-order valence-electron chi connectivity index (χ4n) is 9.22. The van der Waals surface area contributed by atoms with Crippen LogP contribution in [0.5, 0.6) is 0 Å². The van der Waals surface area contributed by atoms with Crippen LogP contribution in [0.2, 0.25) is 0 Å². The normalized spacial score (nSPS) is 12.2. The molecular formula is C52H29N3OS. The van der Waals surface area contributed by atoms with Gasteiger partial charge in [0.1, 0.15) is 11.2 Å². The summed E-state index contributed by atoms with van der Waals surface area (Å²) >= 11 is 1.89. The van der Waals surface area contributed by atoms with Gasteiger partial charge in [-0.2, -0.15) is 0 Å². The molecule has 0 fully saturated rings. The van der Waals surface area contributed by atoms with Gasteiger partial charge >= 0.3 is 0 Å². The summed E-state index contributed by atoms with van der Waals surface area (Å²) in [7, 11) is 0. The monoisotopic (exact) mass is 743 g/mol. The molecule has 13 aromatic rings. The van der Waals surface area contributed by atoms with Crippen molar-refractivity contribution in [3.63, 3.8) is 0 Å². The van der Waals surface area contributed by atoms with Crippen LogP contribution in [0.25, 0.3) is 125 Å². The van der Waals surface area contributed by atoms with Crippen LogP contribution < -0.4 is 0 Å². The first-order valence-corrected chi connectivity index (χ1v) is 20.0. The number of hydrogen-bond acceptors (Lipinski definition) is 4. The summed E-state index contributed by atoms with van der Waals surface area (Å²) in [6, 6.07) is 62.9. The van der Waals surface area contributed by atoms with Gasteiger partial charge in [-0.1, -0.05) is 115 Å². The Morgan fingerprint density at radius 3 is 1.86 bits per heavy atom. The third-order valence-corrected chi connectivity index (χ3v) is 12.9. The molecule has 0 aliphatic heterocycles. The zero-order valence-electron chi connectivity index (χ0n) is 30.4. The van der Waals surface area contributed by atoms with Gasteiger partial charge in [0.05, 0.1) is 22.4 Å². The highest BCUT2D eigenvalue weighted by molar-refractivity contribution is 7.24. The maximum absolute atomic E-state index is 6.28. The van der Waals surface area contributed by atoms with E-state index in [1.165, 1.54) is 52.8 Å². The molecule has 0 aliphatic carbocycles. The minimum absolute atomic E-state index is 0.683. The van der Waals surface area contributed by atoms with Gasteiger partial charge in [-0.25, -0.2) is 9.97 Å². The zero-order valence-corrected chi connectivity index (χ0v) is 31.2. The minimum atomic E-state index is 0.683. The lowest BCUT2D eigenvalue weighted by molar-refractivity contribution is 0.669. The van der Waals surface area contributed by atoms with Crippen molar-refractivity contribution >= 4 is 96.8 Å². The Balaban J connectivity index is 0.999. The number of para-hydroxylation sites is 1. The summed E-state index contributed by atoms with van der Waals surface area (Å²) in [4.78, 5) is 10.5. The molecule has 0 bridgehead atoms. The van der Waals surface area contributed by atoms with Gasteiger partial charge in [0.2, 0.25) is 0 Å². The number of furan rings is 1. The Labute approximate surface area is 329 Å². The van der Waals surface area contributed by atoms with Crippen molar-refractivity contribution in [1.82, 2.24) is 14.5 Å². The molecule has 9 aromatic carbocycles. The zero-order chi connectivity index (χ0) is 37.2. The molecule has 0 saturated carbocycles. The van der Waals surface area contributed by atoms with Crippen molar-refractivity contribution in [2.45, 2.75) is 0 Å². The van der Waals surface area contributed by atoms with E-state index in [-0.39, 0.29) is 0 Å². The van der Waals surface area contributed by atoms with Crippen LogP contribution in [0.4, 0.5) is 0 Å². The van der Waals surface area contributed by atoms with Crippen LogP contribution in [0.15, 0.2) is 180 Å². The second-order valence-corrected chi connectivity index (χ2v) is 16.0. The summed E-state index contributed by atoms with van der Waals surface area (Å²) < 4.78 is 11.4. The molecule has 4 nitrogen and oxygen atoms in total. The third-order valence-electron chi connectivity index (χ3n) is 11.7. The van der Waals surface area contributed by atoms with Crippen LogP contribution >= 0.6 is 11.3 Å². The van der Waals surface area contributed by atoms with E-state index in [4.69, 9.17) is 14.4 Å². The van der Waals surface area contributed by atoms with Crippen molar-refractivity contribution in [2.75, 3.05) is 0 Å². The van der Waals surface area contributed by atoms with Crippen molar-refractivity contribution in [3.05, 3.63) is 176 Å². The lowest BCUT2D eigenvalue weighted by Crippen LogP contribution is -1.97. The molecule has 0 radical (unpaired) electrons. The molecule has 0 N–H and O–H groups in total. The van der Waals surface area contributed by atoms with Gasteiger partial charge in [-0.3, -0.25) is 0 Å². The summed E-state index contributed by atoms with van der Waals surface area (Å²) in [5, 5.41) is 12.3. The van der Waals surface area contributed by atoms with E-state index in [1.807, 2.05) is 41.7 Å². The molecule has 0 unspecified atom stereocenters. The highest BCUT2D eigenvalue weighted by Gasteiger charge is 2.21. The summed E-state index contributed by atoms with van der Waals surface area (Å²) in [5.41, 5.74) is 10.1. The molecular weight excluding hydrogens is 715 g/mol. The first-order valence-electron chi connectivity index (χ1n) is 19.2. The van der Waals surface area contributed by atoms with Crippen LogP contribution in [0.3, 0.4) is 0 Å². The highest BCUT2D eigenvalue weighted by Crippen LogP contribution is 2.46. The Hall–Kier alpha value is -7.34. The molecule has 4 aromatic heterocycles. The van der Waals surface area contributed by atoms with E-state index in [9.17, 15) is 0 Å². The second-order valence-electron chi connectivity index (χ2n) is 14.9. The predicted molar refractivity (Wildman–Crippen MR) is 239 cm³/mol. The SMILES string of the molecule is c1ccc(-c2cc(-c3cccc4oc5ccccc5c34)nc(-c3ccc4cc(-n5c6ccc7cccc8sc9cccc%10ccc5c(c%109)c6c78)ccc4c3)n2)cc1. The van der Waals surface area contributed by atoms with Crippen molar-refractivity contribution in [3.8, 4) is 39.6 Å². The fraction of sp³-hybridized carbons (Fsp3) is 0.